The minimum atomic E-state index is -4.34. The largest absolute Gasteiger partial charge is 0.411 e. The summed E-state index contributed by atoms with van der Waals surface area (Å²) in [6.45, 7) is -1.31. The molecule has 1 aromatic heterocycles. The molecule has 2 N–H and O–H groups in total. The van der Waals surface area contributed by atoms with E-state index in [2.05, 4.69) is 19.4 Å². The Kier molecular flexibility index (Phi) is 4.04. The van der Waals surface area contributed by atoms with Crippen LogP contribution in [0.5, 0.6) is 0 Å². The first-order valence-electron chi connectivity index (χ1n) is 4.17. The van der Waals surface area contributed by atoms with Crippen molar-refractivity contribution in [3.63, 3.8) is 0 Å². The molecule has 0 aliphatic carbocycles. The Hall–Kier alpha value is -1.15. The summed E-state index contributed by atoms with van der Waals surface area (Å²) < 4.78 is 44.1. The molecule has 86 valence electrons. The predicted molar refractivity (Wildman–Crippen MR) is 42.8 cm³/mol. The van der Waals surface area contributed by atoms with E-state index in [-0.39, 0.29) is 12.4 Å². The van der Waals surface area contributed by atoms with Gasteiger partial charge in [-0.15, -0.1) is 0 Å². The van der Waals surface area contributed by atoms with Gasteiger partial charge in [-0.05, 0) is 0 Å². The molecule has 0 unspecified atom stereocenters. The molecule has 0 saturated carbocycles. The second kappa shape index (κ2) is 5.08. The zero-order chi connectivity index (χ0) is 11.3. The van der Waals surface area contributed by atoms with Crippen LogP contribution in [0.1, 0.15) is 11.7 Å². The summed E-state index contributed by atoms with van der Waals surface area (Å²) in [5.74, 6) is 0.380. The highest BCUT2D eigenvalue weighted by Gasteiger charge is 2.27. The number of aromatic nitrogens is 2. The molecule has 8 heteroatoms. The van der Waals surface area contributed by atoms with Crippen LogP contribution in [0.4, 0.5) is 13.2 Å². The van der Waals surface area contributed by atoms with Gasteiger partial charge in [-0.1, -0.05) is 5.16 Å². The normalized spacial score (nSPS) is 12.0. The van der Waals surface area contributed by atoms with Crippen molar-refractivity contribution in [1.82, 2.24) is 10.1 Å². The predicted octanol–water partition coefficient (Wildman–Crippen LogP) is 0.650. The molecule has 15 heavy (non-hydrogen) atoms. The topological polar surface area (TPSA) is 74.2 Å². The molecule has 0 bridgehead atoms. The Labute approximate surface area is 83.4 Å². The Morgan fingerprint density at radius 2 is 2.13 bits per heavy atom. The summed E-state index contributed by atoms with van der Waals surface area (Å²) in [5.41, 5.74) is 5.22. The van der Waals surface area contributed by atoms with Crippen LogP contribution in [0.25, 0.3) is 0 Å². The van der Waals surface area contributed by atoms with Gasteiger partial charge in [-0.3, -0.25) is 0 Å². The first-order chi connectivity index (χ1) is 7.01. The highest BCUT2D eigenvalue weighted by Crippen LogP contribution is 2.15. The third-order valence-corrected chi connectivity index (χ3v) is 1.37. The average Bonchev–Trinajstić information content (AvgIpc) is 2.51. The molecule has 0 spiro atoms. The lowest BCUT2D eigenvalue weighted by Gasteiger charge is -2.04. The van der Waals surface area contributed by atoms with Crippen LogP contribution < -0.4 is 5.73 Å². The minimum absolute atomic E-state index is 0.0858. The van der Waals surface area contributed by atoms with Crippen molar-refractivity contribution in [1.29, 1.82) is 0 Å². The van der Waals surface area contributed by atoms with Crippen molar-refractivity contribution in [2.75, 3.05) is 13.2 Å². The van der Waals surface area contributed by atoms with E-state index in [1.54, 1.807) is 0 Å². The second-order valence-electron chi connectivity index (χ2n) is 2.75. The SMILES string of the molecule is NCCc1nc(COCC(F)(F)F)no1. The van der Waals surface area contributed by atoms with Crippen LogP contribution in [0.2, 0.25) is 0 Å². The lowest BCUT2D eigenvalue weighted by molar-refractivity contribution is -0.177. The van der Waals surface area contributed by atoms with Gasteiger partial charge in [0.1, 0.15) is 13.2 Å². The monoisotopic (exact) mass is 225 g/mol. The molecule has 0 radical (unpaired) electrons. The summed E-state index contributed by atoms with van der Waals surface area (Å²) in [6, 6.07) is 0. The van der Waals surface area contributed by atoms with Gasteiger partial charge in [0.25, 0.3) is 0 Å². The van der Waals surface area contributed by atoms with Gasteiger partial charge in [0.15, 0.2) is 5.82 Å². The number of nitrogens with zero attached hydrogens (tertiary/aromatic N) is 2. The van der Waals surface area contributed by atoms with Gasteiger partial charge in [-0.25, -0.2) is 0 Å². The van der Waals surface area contributed by atoms with E-state index in [1.165, 1.54) is 0 Å². The van der Waals surface area contributed by atoms with E-state index in [0.717, 1.165) is 0 Å². The van der Waals surface area contributed by atoms with E-state index in [1.807, 2.05) is 0 Å². The zero-order valence-electron chi connectivity index (χ0n) is 7.75. The van der Waals surface area contributed by atoms with Crippen LogP contribution in [-0.4, -0.2) is 29.5 Å². The number of alkyl halides is 3. The maximum atomic E-state index is 11.7. The Bertz CT molecular complexity index is 300. The lowest BCUT2D eigenvalue weighted by Crippen LogP contribution is -2.17. The molecule has 1 heterocycles. The minimum Gasteiger partial charge on any atom is -0.364 e. The molecular formula is C7H10F3N3O2. The molecule has 1 rings (SSSR count). The van der Waals surface area contributed by atoms with Gasteiger partial charge in [0.2, 0.25) is 5.89 Å². The molecule has 0 aliphatic rings. The Morgan fingerprint density at radius 3 is 2.73 bits per heavy atom. The van der Waals surface area contributed by atoms with E-state index in [0.29, 0.717) is 18.9 Å². The quantitative estimate of drug-likeness (QED) is 0.796. The van der Waals surface area contributed by atoms with Gasteiger partial charge in [0.05, 0.1) is 0 Å². The van der Waals surface area contributed by atoms with E-state index in [9.17, 15) is 13.2 Å². The number of halogens is 3. The zero-order valence-corrected chi connectivity index (χ0v) is 7.75. The molecule has 0 atom stereocenters. The van der Waals surface area contributed by atoms with Crippen molar-refractivity contribution >= 4 is 0 Å². The van der Waals surface area contributed by atoms with E-state index >= 15 is 0 Å². The Morgan fingerprint density at radius 1 is 1.40 bits per heavy atom. The van der Waals surface area contributed by atoms with Crippen molar-refractivity contribution in [2.45, 2.75) is 19.2 Å². The van der Waals surface area contributed by atoms with Crippen molar-refractivity contribution in [3.8, 4) is 0 Å². The maximum absolute atomic E-state index is 11.7. The summed E-state index contributed by atoms with van der Waals surface area (Å²) in [4.78, 5) is 3.77. The molecule has 0 saturated heterocycles. The van der Waals surface area contributed by atoms with Crippen LogP contribution >= 0.6 is 0 Å². The van der Waals surface area contributed by atoms with E-state index < -0.39 is 12.8 Å². The maximum Gasteiger partial charge on any atom is 0.411 e. The summed E-state index contributed by atoms with van der Waals surface area (Å²) in [5, 5.41) is 3.42. The fraction of sp³-hybridized carbons (Fsp3) is 0.714. The molecule has 0 amide bonds. The van der Waals surface area contributed by atoms with Crippen molar-refractivity contribution in [3.05, 3.63) is 11.7 Å². The number of ether oxygens (including phenoxy) is 1. The van der Waals surface area contributed by atoms with Crippen LogP contribution in [-0.2, 0) is 17.8 Å². The second-order valence-corrected chi connectivity index (χ2v) is 2.75. The standard InChI is InChI=1S/C7H10F3N3O2/c8-7(9,10)4-14-3-5-12-6(1-2-11)15-13-5/h1-4,11H2. The third-order valence-electron chi connectivity index (χ3n) is 1.37. The first-order valence-corrected chi connectivity index (χ1v) is 4.17. The summed E-state index contributed by atoms with van der Waals surface area (Å²) in [6.07, 6.45) is -3.95. The molecule has 0 aromatic carbocycles. The first kappa shape index (κ1) is 11.9. The van der Waals surface area contributed by atoms with Crippen molar-refractivity contribution in [2.24, 2.45) is 5.73 Å². The fourth-order valence-electron chi connectivity index (χ4n) is 0.832. The van der Waals surface area contributed by atoms with Gasteiger partial charge in [0, 0.05) is 13.0 Å². The summed E-state index contributed by atoms with van der Waals surface area (Å²) in [7, 11) is 0. The van der Waals surface area contributed by atoms with Crippen molar-refractivity contribution < 1.29 is 22.4 Å². The molecular weight excluding hydrogens is 215 g/mol. The number of hydrogen-bond acceptors (Lipinski definition) is 5. The third kappa shape index (κ3) is 4.75. The number of hydrogen-bond donors (Lipinski definition) is 1. The number of nitrogens with two attached hydrogens (primary N) is 1. The lowest BCUT2D eigenvalue weighted by atomic mass is 10.4. The molecule has 0 aliphatic heterocycles. The molecule has 1 aromatic rings. The van der Waals surface area contributed by atoms with Crippen LogP contribution in [0.15, 0.2) is 4.52 Å². The summed E-state index contributed by atoms with van der Waals surface area (Å²) >= 11 is 0. The van der Waals surface area contributed by atoms with E-state index in [4.69, 9.17) is 5.73 Å². The highest BCUT2D eigenvalue weighted by molar-refractivity contribution is 4.84. The average molecular weight is 225 g/mol. The van der Waals surface area contributed by atoms with Gasteiger partial charge in [-0.2, -0.15) is 18.2 Å². The highest BCUT2D eigenvalue weighted by atomic mass is 19.4. The molecule has 0 fully saturated rings. The number of rotatable bonds is 5. The smallest absolute Gasteiger partial charge is 0.364 e. The van der Waals surface area contributed by atoms with Gasteiger partial charge < -0.3 is 15.0 Å². The van der Waals surface area contributed by atoms with Gasteiger partial charge >= 0.3 is 6.18 Å². The fourth-order valence-corrected chi connectivity index (χ4v) is 0.832. The molecule has 5 nitrogen and oxygen atoms in total. The van der Waals surface area contributed by atoms with Crippen LogP contribution in [0, 0.1) is 0 Å². The van der Waals surface area contributed by atoms with Crippen LogP contribution in [0.3, 0.4) is 0 Å². The Balaban J connectivity index is 2.31.